The molecular formula is C16H16ClFO3. The van der Waals surface area contributed by atoms with Crippen LogP contribution in [0, 0.1) is 5.82 Å². The smallest absolute Gasteiger partial charge is 0.203 e. The number of rotatable bonds is 6. The van der Waals surface area contributed by atoms with Gasteiger partial charge in [-0.15, -0.1) is 11.6 Å². The molecule has 0 saturated heterocycles. The molecule has 0 saturated carbocycles. The maximum atomic E-state index is 13.2. The van der Waals surface area contributed by atoms with Gasteiger partial charge < -0.3 is 14.2 Å². The summed E-state index contributed by atoms with van der Waals surface area (Å²) in [6.45, 7) is 0.213. The lowest BCUT2D eigenvalue weighted by molar-refractivity contribution is 0.265. The van der Waals surface area contributed by atoms with Gasteiger partial charge in [-0.1, -0.05) is 12.1 Å². The molecule has 2 aromatic rings. The molecule has 0 aromatic heterocycles. The molecule has 21 heavy (non-hydrogen) atoms. The maximum Gasteiger partial charge on any atom is 0.203 e. The molecule has 2 aromatic carbocycles. The molecule has 0 N–H and O–H groups in total. The van der Waals surface area contributed by atoms with Crippen LogP contribution in [0.4, 0.5) is 4.39 Å². The van der Waals surface area contributed by atoms with E-state index in [1.54, 1.807) is 38.5 Å². The molecule has 0 atom stereocenters. The summed E-state index contributed by atoms with van der Waals surface area (Å²) in [5.41, 5.74) is 1.59. The topological polar surface area (TPSA) is 27.7 Å². The van der Waals surface area contributed by atoms with Crippen molar-refractivity contribution in [2.24, 2.45) is 0 Å². The summed E-state index contributed by atoms with van der Waals surface area (Å²) in [4.78, 5) is 0. The summed E-state index contributed by atoms with van der Waals surface area (Å²) in [5.74, 6) is 1.57. The predicted molar refractivity (Wildman–Crippen MR) is 79.8 cm³/mol. The summed E-state index contributed by atoms with van der Waals surface area (Å²) in [6.07, 6.45) is 0. The number of ether oxygens (including phenoxy) is 3. The summed E-state index contributed by atoms with van der Waals surface area (Å²) >= 11 is 5.83. The standard InChI is InChI=1S/C16H16ClFO3/c1-19-14-7-12(9-17)8-15(20-2)16(14)21-10-11-4-3-5-13(18)6-11/h3-8H,9-10H2,1-2H3. The molecule has 0 amide bonds. The van der Waals surface area contributed by atoms with E-state index in [1.807, 2.05) is 0 Å². The highest BCUT2D eigenvalue weighted by molar-refractivity contribution is 6.17. The van der Waals surface area contributed by atoms with Gasteiger partial charge in [0.2, 0.25) is 5.75 Å². The molecule has 3 nitrogen and oxygen atoms in total. The van der Waals surface area contributed by atoms with Crippen molar-refractivity contribution in [3.8, 4) is 17.2 Å². The highest BCUT2D eigenvalue weighted by Gasteiger charge is 2.14. The number of benzene rings is 2. The quantitative estimate of drug-likeness (QED) is 0.750. The van der Waals surface area contributed by atoms with E-state index in [2.05, 4.69) is 0 Å². The van der Waals surface area contributed by atoms with E-state index in [4.69, 9.17) is 25.8 Å². The lowest BCUT2D eigenvalue weighted by Gasteiger charge is -2.15. The molecule has 0 heterocycles. The molecule has 0 aliphatic rings. The zero-order valence-electron chi connectivity index (χ0n) is 11.9. The Hall–Kier alpha value is -1.94. The second-order valence-electron chi connectivity index (χ2n) is 4.38. The molecule has 0 aliphatic heterocycles. The molecule has 5 heteroatoms. The molecule has 0 unspecified atom stereocenters. The van der Waals surface area contributed by atoms with Crippen molar-refractivity contribution in [3.05, 3.63) is 53.3 Å². The van der Waals surface area contributed by atoms with Crippen LogP contribution in [-0.4, -0.2) is 14.2 Å². The first kappa shape index (κ1) is 15.4. The number of halogens is 2. The molecule has 2 rings (SSSR count). The third-order valence-corrected chi connectivity index (χ3v) is 3.26. The monoisotopic (exact) mass is 310 g/mol. The third kappa shape index (κ3) is 3.79. The molecule has 0 spiro atoms. The van der Waals surface area contributed by atoms with Crippen LogP contribution in [0.3, 0.4) is 0 Å². The Labute approximate surface area is 128 Å². The van der Waals surface area contributed by atoms with E-state index >= 15 is 0 Å². The van der Waals surface area contributed by atoms with Gasteiger partial charge in [0.15, 0.2) is 11.5 Å². The predicted octanol–water partition coefficient (Wildman–Crippen LogP) is 4.16. The Balaban J connectivity index is 2.26. The Morgan fingerprint density at radius 1 is 1.00 bits per heavy atom. The summed E-state index contributed by atoms with van der Waals surface area (Å²) in [5, 5.41) is 0. The average molecular weight is 311 g/mol. The van der Waals surface area contributed by atoms with Crippen molar-refractivity contribution >= 4 is 11.6 Å². The second kappa shape index (κ2) is 7.18. The van der Waals surface area contributed by atoms with Gasteiger partial charge in [0.05, 0.1) is 14.2 Å². The molecule has 0 aliphatic carbocycles. The van der Waals surface area contributed by atoms with E-state index in [0.29, 0.717) is 23.1 Å². The summed E-state index contributed by atoms with van der Waals surface area (Å²) < 4.78 is 29.5. The Bertz CT molecular complexity index is 591. The van der Waals surface area contributed by atoms with Crippen molar-refractivity contribution in [2.45, 2.75) is 12.5 Å². The minimum atomic E-state index is -0.299. The fourth-order valence-electron chi connectivity index (χ4n) is 1.94. The van der Waals surface area contributed by atoms with Crippen LogP contribution in [0.25, 0.3) is 0 Å². The van der Waals surface area contributed by atoms with Crippen molar-refractivity contribution in [1.29, 1.82) is 0 Å². The number of alkyl halides is 1. The molecule has 0 bridgehead atoms. The summed E-state index contributed by atoms with van der Waals surface area (Å²) in [7, 11) is 3.09. The fraction of sp³-hybridized carbons (Fsp3) is 0.250. The van der Waals surface area contributed by atoms with E-state index in [1.165, 1.54) is 12.1 Å². The zero-order valence-corrected chi connectivity index (χ0v) is 12.6. The molecule has 112 valence electrons. The van der Waals surface area contributed by atoms with Crippen LogP contribution in [0.1, 0.15) is 11.1 Å². The largest absolute Gasteiger partial charge is 0.493 e. The Morgan fingerprint density at radius 3 is 2.19 bits per heavy atom. The van der Waals surface area contributed by atoms with Gasteiger partial charge >= 0.3 is 0 Å². The molecule has 0 fully saturated rings. The van der Waals surface area contributed by atoms with E-state index < -0.39 is 0 Å². The van der Waals surface area contributed by atoms with E-state index in [0.717, 1.165) is 11.1 Å². The van der Waals surface area contributed by atoms with Crippen LogP contribution < -0.4 is 14.2 Å². The van der Waals surface area contributed by atoms with Crippen LogP contribution >= 0.6 is 11.6 Å². The van der Waals surface area contributed by atoms with E-state index in [-0.39, 0.29) is 12.4 Å². The number of hydrogen-bond acceptors (Lipinski definition) is 3. The third-order valence-electron chi connectivity index (χ3n) is 2.95. The van der Waals surface area contributed by atoms with Crippen LogP contribution in [0.15, 0.2) is 36.4 Å². The first-order chi connectivity index (χ1) is 10.2. The average Bonchev–Trinajstić information content (AvgIpc) is 2.52. The Kier molecular flexibility index (Phi) is 5.28. The first-order valence-corrected chi connectivity index (χ1v) is 6.89. The first-order valence-electron chi connectivity index (χ1n) is 6.36. The zero-order chi connectivity index (χ0) is 15.2. The molecular weight excluding hydrogens is 295 g/mol. The van der Waals surface area contributed by atoms with Gasteiger partial charge in [-0.2, -0.15) is 0 Å². The fourth-order valence-corrected chi connectivity index (χ4v) is 2.09. The van der Waals surface area contributed by atoms with Crippen LogP contribution in [0.5, 0.6) is 17.2 Å². The van der Waals surface area contributed by atoms with Gasteiger partial charge in [-0.3, -0.25) is 0 Å². The lowest BCUT2D eigenvalue weighted by Crippen LogP contribution is -2.01. The highest BCUT2D eigenvalue weighted by Crippen LogP contribution is 2.39. The van der Waals surface area contributed by atoms with Crippen LogP contribution in [-0.2, 0) is 12.5 Å². The van der Waals surface area contributed by atoms with Gasteiger partial charge in [0.1, 0.15) is 12.4 Å². The molecule has 0 radical (unpaired) electrons. The Morgan fingerprint density at radius 2 is 1.67 bits per heavy atom. The van der Waals surface area contributed by atoms with Gasteiger partial charge in [0.25, 0.3) is 0 Å². The normalized spacial score (nSPS) is 10.3. The van der Waals surface area contributed by atoms with Crippen LogP contribution in [0.2, 0.25) is 0 Å². The minimum absolute atomic E-state index is 0.213. The SMILES string of the molecule is COc1cc(CCl)cc(OC)c1OCc1cccc(F)c1. The maximum absolute atomic E-state index is 13.2. The van der Waals surface area contributed by atoms with Crippen molar-refractivity contribution < 1.29 is 18.6 Å². The minimum Gasteiger partial charge on any atom is -0.493 e. The second-order valence-corrected chi connectivity index (χ2v) is 4.65. The van der Waals surface area contributed by atoms with Gasteiger partial charge in [-0.05, 0) is 35.4 Å². The van der Waals surface area contributed by atoms with E-state index in [9.17, 15) is 4.39 Å². The lowest BCUT2D eigenvalue weighted by atomic mass is 10.2. The van der Waals surface area contributed by atoms with Gasteiger partial charge in [0, 0.05) is 5.88 Å². The number of hydrogen-bond donors (Lipinski definition) is 0. The van der Waals surface area contributed by atoms with Crippen molar-refractivity contribution in [1.82, 2.24) is 0 Å². The summed E-state index contributed by atoms with van der Waals surface area (Å²) in [6, 6.07) is 9.81. The van der Waals surface area contributed by atoms with Crippen molar-refractivity contribution in [3.63, 3.8) is 0 Å². The highest BCUT2D eigenvalue weighted by atomic mass is 35.5. The van der Waals surface area contributed by atoms with Gasteiger partial charge in [-0.25, -0.2) is 4.39 Å². The van der Waals surface area contributed by atoms with Crippen molar-refractivity contribution in [2.75, 3.05) is 14.2 Å². The number of methoxy groups -OCH3 is 2.